The van der Waals surface area contributed by atoms with Crippen LogP contribution in [0.5, 0.6) is 0 Å². The lowest BCUT2D eigenvalue weighted by Crippen LogP contribution is -2.04. The fraction of sp³-hybridized carbons (Fsp3) is 0. The molecule has 0 spiro atoms. The van der Waals surface area contributed by atoms with Gasteiger partial charge in [-0.15, -0.1) is 0 Å². The average molecular weight is 893 g/mol. The molecule has 9 aromatic carbocycles. The molecule has 0 atom stereocenters. The Kier molecular flexibility index (Phi) is 9.82. The molecule has 0 fully saturated rings. The van der Waals surface area contributed by atoms with Crippen LogP contribution in [0.15, 0.2) is 199 Å². The van der Waals surface area contributed by atoms with Crippen molar-refractivity contribution in [2.24, 2.45) is 0 Å². The fourth-order valence-electron chi connectivity index (χ4n) is 9.41. The minimum absolute atomic E-state index is 0.386. The number of furan rings is 1. The van der Waals surface area contributed by atoms with Crippen molar-refractivity contribution in [2.45, 2.75) is 0 Å². The van der Waals surface area contributed by atoms with E-state index in [0.29, 0.717) is 39.7 Å². The van der Waals surface area contributed by atoms with E-state index in [2.05, 4.69) is 89.5 Å². The molecule has 9 heteroatoms. The van der Waals surface area contributed by atoms with Crippen molar-refractivity contribution < 1.29 is 4.42 Å². The van der Waals surface area contributed by atoms with Crippen molar-refractivity contribution in [3.63, 3.8) is 0 Å². The highest BCUT2D eigenvalue weighted by Gasteiger charge is 2.22. The first-order valence-corrected chi connectivity index (χ1v) is 22.4. The standard InChI is InChI=1S/C61H32N8O/c62-33-37-23-38(34-63)26-47(25-37)45-16-19-54-50(29-45)51-30-46(48-27-39(35-64)24-40(28-48)36-65)17-20-55(51)69(54)56-21-15-43(44-18-22-58-52(31-44)49-13-7-8-14-57(49)70-58)32-53(56)61-67-59(41-9-3-1-4-10-41)66-60(68-61)42-11-5-2-6-12-42/h1-32H. The quantitative estimate of drug-likeness (QED) is 0.153. The summed E-state index contributed by atoms with van der Waals surface area (Å²) in [6, 6.07) is 72.0. The Balaban J connectivity index is 1.15. The van der Waals surface area contributed by atoms with Gasteiger partial charge in [0.2, 0.25) is 0 Å². The van der Waals surface area contributed by atoms with Gasteiger partial charge in [0.05, 0.1) is 63.3 Å². The van der Waals surface area contributed by atoms with Gasteiger partial charge >= 0.3 is 0 Å². The molecule has 3 aromatic heterocycles. The van der Waals surface area contributed by atoms with E-state index in [1.54, 1.807) is 36.4 Å². The molecule has 0 unspecified atom stereocenters. The monoisotopic (exact) mass is 892 g/mol. The van der Waals surface area contributed by atoms with E-state index in [1.807, 2.05) is 97.1 Å². The second-order valence-electron chi connectivity index (χ2n) is 16.9. The summed E-state index contributed by atoms with van der Waals surface area (Å²) in [4.78, 5) is 15.6. The van der Waals surface area contributed by atoms with Gasteiger partial charge in [-0.2, -0.15) is 21.0 Å². The maximum absolute atomic E-state index is 9.92. The van der Waals surface area contributed by atoms with Crippen LogP contribution in [0.1, 0.15) is 22.3 Å². The molecule has 12 aromatic rings. The Bertz CT molecular complexity index is 4040. The molecular formula is C61H32N8O. The zero-order valence-corrected chi connectivity index (χ0v) is 37.0. The highest BCUT2D eigenvalue weighted by molar-refractivity contribution is 6.12. The van der Waals surface area contributed by atoms with Gasteiger partial charge in [-0.25, -0.2) is 15.0 Å². The van der Waals surface area contributed by atoms with Crippen LogP contribution in [0.2, 0.25) is 0 Å². The van der Waals surface area contributed by atoms with Crippen molar-refractivity contribution in [3.05, 3.63) is 216 Å². The van der Waals surface area contributed by atoms with Gasteiger partial charge in [0.25, 0.3) is 0 Å². The number of para-hydroxylation sites is 1. The largest absolute Gasteiger partial charge is 0.456 e. The lowest BCUT2D eigenvalue weighted by Gasteiger charge is -2.16. The normalized spacial score (nSPS) is 11.1. The number of nitrogens with zero attached hydrogens (tertiary/aromatic N) is 8. The molecule has 0 saturated heterocycles. The van der Waals surface area contributed by atoms with E-state index in [-0.39, 0.29) is 0 Å². The van der Waals surface area contributed by atoms with Gasteiger partial charge in [-0.1, -0.05) is 103 Å². The number of nitriles is 4. The van der Waals surface area contributed by atoms with E-state index in [4.69, 9.17) is 19.4 Å². The van der Waals surface area contributed by atoms with E-state index in [0.717, 1.165) is 99.5 Å². The van der Waals surface area contributed by atoms with Crippen molar-refractivity contribution in [3.8, 4) is 97.5 Å². The molecule has 322 valence electrons. The minimum Gasteiger partial charge on any atom is -0.456 e. The number of benzene rings is 9. The second-order valence-corrected chi connectivity index (χ2v) is 16.9. The minimum atomic E-state index is 0.386. The average Bonchev–Trinajstić information content (AvgIpc) is 3.97. The van der Waals surface area contributed by atoms with Crippen LogP contribution < -0.4 is 0 Å². The van der Waals surface area contributed by atoms with Crippen LogP contribution >= 0.6 is 0 Å². The van der Waals surface area contributed by atoms with Crippen LogP contribution in [0, 0.1) is 45.3 Å². The smallest absolute Gasteiger partial charge is 0.166 e. The summed E-state index contributed by atoms with van der Waals surface area (Å²) in [6.07, 6.45) is 0. The molecule has 3 heterocycles. The second kappa shape index (κ2) is 16.8. The van der Waals surface area contributed by atoms with Crippen molar-refractivity contribution >= 4 is 43.7 Å². The molecule has 0 aliphatic rings. The first-order chi connectivity index (χ1) is 34.4. The number of hydrogen-bond donors (Lipinski definition) is 0. The van der Waals surface area contributed by atoms with Crippen molar-refractivity contribution in [1.82, 2.24) is 19.5 Å². The van der Waals surface area contributed by atoms with Gasteiger partial charge < -0.3 is 8.98 Å². The Morgan fingerprint density at radius 3 is 1.30 bits per heavy atom. The number of fused-ring (bicyclic) bond motifs is 6. The molecule has 0 aliphatic carbocycles. The van der Waals surface area contributed by atoms with Gasteiger partial charge in [-0.05, 0) is 124 Å². The lowest BCUT2D eigenvalue weighted by atomic mass is 9.97. The summed E-state index contributed by atoms with van der Waals surface area (Å²) >= 11 is 0. The maximum Gasteiger partial charge on any atom is 0.166 e. The molecule has 0 amide bonds. The van der Waals surface area contributed by atoms with Crippen molar-refractivity contribution in [2.75, 3.05) is 0 Å². The lowest BCUT2D eigenvalue weighted by molar-refractivity contribution is 0.669. The van der Waals surface area contributed by atoms with Crippen molar-refractivity contribution in [1.29, 1.82) is 21.0 Å². The first-order valence-electron chi connectivity index (χ1n) is 22.4. The third-order valence-corrected chi connectivity index (χ3v) is 12.7. The summed E-state index contributed by atoms with van der Waals surface area (Å²) in [6.45, 7) is 0. The van der Waals surface area contributed by atoms with E-state index >= 15 is 0 Å². The van der Waals surface area contributed by atoms with Gasteiger partial charge in [0.1, 0.15) is 11.2 Å². The SMILES string of the molecule is N#Cc1cc(C#N)cc(-c2ccc3c(c2)c2cc(-c4cc(C#N)cc(C#N)c4)ccc2n3-c2ccc(-c3ccc4oc5ccccc5c4c3)cc2-c2nc(-c3ccccc3)nc(-c3ccccc3)n2)c1. The zero-order chi connectivity index (χ0) is 47.3. The summed E-state index contributed by atoms with van der Waals surface area (Å²) in [5.41, 5.74) is 13.2. The molecular weight excluding hydrogens is 861 g/mol. The predicted octanol–water partition coefficient (Wildman–Crippen LogP) is 14.4. The van der Waals surface area contributed by atoms with E-state index in [9.17, 15) is 21.0 Å². The molecule has 9 nitrogen and oxygen atoms in total. The molecule has 70 heavy (non-hydrogen) atoms. The molecule has 12 rings (SSSR count). The third-order valence-electron chi connectivity index (χ3n) is 12.7. The molecule has 0 radical (unpaired) electrons. The zero-order valence-electron chi connectivity index (χ0n) is 37.0. The Labute approximate surface area is 400 Å². The highest BCUT2D eigenvalue weighted by atomic mass is 16.3. The summed E-state index contributed by atoms with van der Waals surface area (Å²) in [5.74, 6) is 1.52. The van der Waals surface area contributed by atoms with Crippen LogP contribution in [0.4, 0.5) is 0 Å². The van der Waals surface area contributed by atoms with Crippen LogP contribution in [0.25, 0.3) is 117 Å². The molecule has 0 aliphatic heterocycles. The fourth-order valence-corrected chi connectivity index (χ4v) is 9.41. The predicted molar refractivity (Wildman–Crippen MR) is 273 cm³/mol. The Hall–Kier alpha value is -10.5. The maximum atomic E-state index is 9.92. The summed E-state index contributed by atoms with van der Waals surface area (Å²) < 4.78 is 8.45. The van der Waals surface area contributed by atoms with Gasteiger partial charge in [-0.3, -0.25) is 0 Å². The van der Waals surface area contributed by atoms with Gasteiger partial charge in [0, 0.05) is 38.2 Å². The number of rotatable bonds is 7. The number of aromatic nitrogens is 4. The summed E-state index contributed by atoms with van der Waals surface area (Å²) in [7, 11) is 0. The first kappa shape index (κ1) is 41.0. The summed E-state index contributed by atoms with van der Waals surface area (Å²) in [5, 5.41) is 43.5. The topological polar surface area (TPSA) is 152 Å². The molecule has 0 N–H and O–H groups in total. The van der Waals surface area contributed by atoms with E-state index < -0.39 is 0 Å². The van der Waals surface area contributed by atoms with Crippen LogP contribution in [0.3, 0.4) is 0 Å². The number of hydrogen-bond acceptors (Lipinski definition) is 8. The molecule has 0 bridgehead atoms. The third kappa shape index (κ3) is 7.14. The van der Waals surface area contributed by atoms with Crippen LogP contribution in [-0.4, -0.2) is 19.5 Å². The highest BCUT2D eigenvalue weighted by Crippen LogP contribution is 2.42. The molecule has 0 saturated carbocycles. The van der Waals surface area contributed by atoms with Crippen LogP contribution in [-0.2, 0) is 0 Å². The Morgan fingerprint density at radius 1 is 0.329 bits per heavy atom. The van der Waals surface area contributed by atoms with E-state index in [1.165, 1.54) is 0 Å². The van der Waals surface area contributed by atoms with Gasteiger partial charge in [0.15, 0.2) is 17.5 Å². The Morgan fingerprint density at radius 2 is 0.757 bits per heavy atom.